The van der Waals surface area contributed by atoms with Crippen molar-refractivity contribution in [1.82, 2.24) is 25.8 Å². The molecule has 2 amide bonds. The van der Waals surface area contributed by atoms with Gasteiger partial charge in [-0.05, 0) is 31.6 Å². The second-order valence-corrected chi connectivity index (χ2v) is 7.32. The molecule has 0 radical (unpaired) electrons. The average Bonchev–Trinajstić information content (AvgIpc) is 3.22. The van der Waals surface area contributed by atoms with Gasteiger partial charge in [0.05, 0.1) is 0 Å². The predicted octanol–water partition coefficient (Wildman–Crippen LogP) is 1.57. The van der Waals surface area contributed by atoms with Crippen LogP contribution in [0.2, 0.25) is 0 Å². The third-order valence-corrected chi connectivity index (χ3v) is 5.01. The molecule has 3 N–H and O–H groups in total. The number of aromatic nitrogens is 3. The Hall–Kier alpha value is -1.92. The van der Waals surface area contributed by atoms with Crippen LogP contribution in [-0.4, -0.2) is 39.6 Å². The number of aromatic amines is 1. The lowest BCUT2D eigenvalue weighted by molar-refractivity contribution is -0.129. The summed E-state index contributed by atoms with van der Waals surface area (Å²) in [6.07, 6.45) is 6.21. The summed E-state index contributed by atoms with van der Waals surface area (Å²) in [5, 5.41) is 12.7. The minimum Gasteiger partial charge on any atom is -0.355 e. The van der Waals surface area contributed by atoms with Crippen LogP contribution >= 0.6 is 0 Å². The summed E-state index contributed by atoms with van der Waals surface area (Å²) < 4.78 is 0. The van der Waals surface area contributed by atoms with Crippen LogP contribution in [0.1, 0.15) is 58.7 Å². The molecule has 0 bridgehead atoms. The normalized spacial score (nSPS) is 20.8. The zero-order chi connectivity index (χ0) is 17.6. The van der Waals surface area contributed by atoms with Gasteiger partial charge >= 0.3 is 0 Å². The molecule has 2 atom stereocenters. The molecule has 1 fully saturated rings. The van der Waals surface area contributed by atoms with E-state index < -0.39 is 0 Å². The van der Waals surface area contributed by atoms with Crippen LogP contribution in [-0.2, 0) is 16.0 Å². The molecule has 0 saturated heterocycles. The lowest BCUT2D eigenvalue weighted by Crippen LogP contribution is -2.39. The van der Waals surface area contributed by atoms with E-state index in [0.29, 0.717) is 25.3 Å². The van der Waals surface area contributed by atoms with Gasteiger partial charge in [-0.3, -0.25) is 14.7 Å². The van der Waals surface area contributed by atoms with E-state index in [-0.39, 0.29) is 23.3 Å². The van der Waals surface area contributed by atoms with Gasteiger partial charge in [0.1, 0.15) is 12.2 Å². The van der Waals surface area contributed by atoms with Crippen LogP contribution in [0.15, 0.2) is 6.33 Å². The first-order valence-electron chi connectivity index (χ1n) is 8.82. The van der Waals surface area contributed by atoms with Crippen molar-refractivity contribution in [3.63, 3.8) is 0 Å². The minimum absolute atomic E-state index is 0.0493. The fraction of sp³-hybridized carbons (Fsp3) is 0.765. The number of carbonyl (C=O) groups is 2. The number of H-pyrrole nitrogens is 1. The molecule has 0 spiro atoms. The van der Waals surface area contributed by atoms with Crippen molar-refractivity contribution in [2.45, 2.75) is 65.3 Å². The molecule has 1 aliphatic rings. The Morgan fingerprint density at radius 2 is 2.17 bits per heavy atom. The maximum atomic E-state index is 12.1. The molecule has 1 aliphatic carbocycles. The fourth-order valence-corrected chi connectivity index (χ4v) is 2.91. The van der Waals surface area contributed by atoms with Crippen molar-refractivity contribution in [3.8, 4) is 0 Å². The number of hydrogen-bond donors (Lipinski definition) is 3. The number of aryl methyl sites for hydroxylation is 1. The summed E-state index contributed by atoms with van der Waals surface area (Å²) in [7, 11) is 0. The van der Waals surface area contributed by atoms with E-state index in [9.17, 15) is 9.59 Å². The van der Waals surface area contributed by atoms with Crippen molar-refractivity contribution in [3.05, 3.63) is 12.2 Å². The fourth-order valence-electron chi connectivity index (χ4n) is 2.91. The van der Waals surface area contributed by atoms with Gasteiger partial charge in [-0.2, -0.15) is 5.10 Å². The topological polar surface area (TPSA) is 99.8 Å². The second kappa shape index (κ2) is 8.26. The minimum atomic E-state index is -0.313. The number of hydrogen-bond acceptors (Lipinski definition) is 4. The van der Waals surface area contributed by atoms with Crippen LogP contribution in [0.4, 0.5) is 0 Å². The molecule has 134 valence electrons. The largest absolute Gasteiger partial charge is 0.355 e. The predicted molar refractivity (Wildman–Crippen MR) is 91.1 cm³/mol. The van der Waals surface area contributed by atoms with Gasteiger partial charge in [0.15, 0.2) is 0 Å². The Balaban J connectivity index is 1.65. The smallest absolute Gasteiger partial charge is 0.225 e. The van der Waals surface area contributed by atoms with E-state index in [1.54, 1.807) is 0 Å². The maximum absolute atomic E-state index is 12.1. The average molecular weight is 335 g/mol. The number of amides is 2. The van der Waals surface area contributed by atoms with Crippen molar-refractivity contribution < 1.29 is 9.59 Å². The summed E-state index contributed by atoms with van der Waals surface area (Å²) in [6.45, 7) is 6.66. The number of rotatable bonds is 8. The zero-order valence-electron chi connectivity index (χ0n) is 14.9. The molecule has 7 nitrogen and oxygen atoms in total. The summed E-state index contributed by atoms with van der Waals surface area (Å²) in [6, 6.07) is 0.216. The zero-order valence-corrected chi connectivity index (χ0v) is 14.9. The summed E-state index contributed by atoms with van der Waals surface area (Å²) >= 11 is 0. The monoisotopic (exact) mass is 335 g/mol. The van der Waals surface area contributed by atoms with Gasteiger partial charge in [0.2, 0.25) is 11.8 Å². The lowest BCUT2D eigenvalue weighted by Gasteiger charge is -2.23. The number of nitrogens with zero attached hydrogens (tertiary/aromatic N) is 2. The molecule has 24 heavy (non-hydrogen) atoms. The first kappa shape index (κ1) is 18.4. The van der Waals surface area contributed by atoms with Crippen molar-refractivity contribution in [2.24, 2.45) is 11.3 Å². The van der Waals surface area contributed by atoms with E-state index in [4.69, 9.17) is 0 Å². The highest BCUT2D eigenvalue weighted by Crippen LogP contribution is 2.26. The van der Waals surface area contributed by atoms with Crippen LogP contribution in [0.25, 0.3) is 0 Å². The first-order valence-corrected chi connectivity index (χ1v) is 8.82. The van der Waals surface area contributed by atoms with Crippen molar-refractivity contribution in [1.29, 1.82) is 0 Å². The second-order valence-electron chi connectivity index (χ2n) is 7.32. The molecule has 1 aromatic heterocycles. The number of carbonyl (C=O) groups excluding carboxylic acids is 2. The van der Waals surface area contributed by atoms with Gasteiger partial charge in [0, 0.05) is 30.8 Å². The first-order chi connectivity index (χ1) is 11.4. The third-order valence-electron chi connectivity index (χ3n) is 5.01. The van der Waals surface area contributed by atoms with Gasteiger partial charge < -0.3 is 10.6 Å². The Morgan fingerprint density at radius 3 is 2.83 bits per heavy atom. The molecule has 0 aromatic carbocycles. The highest BCUT2D eigenvalue weighted by Gasteiger charge is 2.29. The molecule has 7 heteroatoms. The maximum Gasteiger partial charge on any atom is 0.225 e. The van der Waals surface area contributed by atoms with Crippen LogP contribution in [0.3, 0.4) is 0 Å². The molecule has 1 heterocycles. The molecular weight excluding hydrogens is 306 g/mol. The third kappa shape index (κ3) is 5.32. The van der Waals surface area contributed by atoms with E-state index in [2.05, 4.69) is 25.8 Å². The van der Waals surface area contributed by atoms with Gasteiger partial charge in [-0.1, -0.05) is 20.8 Å². The Kier molecular flexibility index (Phi) is 6.34. The van der Waals surface area contributed by atoms with Crippen LogP contribution in [0, 0.1) is 11.3 Å². The van der Waals surface area contributed by atoms with Crippen molar-refractivity contribution in [2.75, 3.05) is 6.54 Å². The van der Waals surface area contributed by atoms with E-state index in [0.717, 1.165) is 31.5 Å². The number of nitrogens with one attached hydrogen (secondary N) is 3. The van der Waals surface area contributed by atoms with Crippen LogP contribution in [0.5, 0.6) is 0 Å². The van der Waals surface area contributed by atoms with Gasteiger partial charge in [-0.25, -0.2) is 4.98 Å². The Bertz CT molecular complexity index is 541. The standard InChI is InChI=1S/C17H29N5O2/c1-4-17(2,3)16(24)18-10-12-5-6-13(9-12)21-15(23)8-7-14-19-11-20-22-14/h11-13H,4-10H2,1-3H3,(H,18,24)(H,21,23)(H,19,20,22)/t12-,13+/m0/s1. The summed E-state index contributed by atoms with van der Waals surface area (Å²) in [5.41, 5.74) is -0.313. The highest BCUT2D eigenvalue weighted by atomic mass is 16.2. The molecule has 0 unspecified atom stereocenters. The quantitative estimate of drug-likeness (QED) is 0.671. The van der Waals surface area contributed by atoms with E-state index in [1.807, 2.05) is 20.8 Å². The SMILES string of the molecule is CCC(C)(C)C(=O)NC[C@H]1CC[C@@H](NC(=O)CCc2ncn[nH]2)C1. The highest BCUT2D eigenvalue weighted by molar-refractivity contribution is 5.81. The molecule has 1 aromatic rings. The van der Waals surface area contributed by atoms with Crippen LogP contribution < -0.4 is 10.6 Å². The van der Waals surface area contributed by atoms with Crippen molar-refractivity contribution >= 4 is 11.8 Å². The molecular formula is C17H29N5O2. The van der Waals surface area contributed by atoms with Gasteiger partial charge in [-0.15, -0.1) is 0 Å². The summed E-state index contributed by atoms with van der Waals surface area (Å²) in [5.74, 6) is 1.34. The Labute approximate surface area is 143 Å². The van der Waals surface area contributed by atoms with E-state index >= 15 is 0 Å². The van der Waals surface area contributed by atoms with Gasteiger partial charge in [0.25, 0.3) is 0 Å². The Morgan fingerprint density at radius 1 is 1.38 bits per heavy atom. The van der Waals surface area contributed by atoms with E-state index in [1.165, 1.54) is 6.33 Å². The summed E-state index contributed by atoms with van der Waals surface area (Å²) in [4.78, 5) is 28.1. The molecule has 1 saturated carbocycles. The molecule has 0 aliphatic heterocycles. The lowest BCUT2D eigenvalue weighted by atomic mass is 9.89. The molecule has 2 rings (SSSR count).